The molecule has 3 aromatic rings. The number of benzene rings is 1. The topological polar surface area (TPSA) is 97.6 Å². The molecule has 1 N–H and O–H groups in total. The number of fused-ring (bicyclic) bond motifs is 1. The van der Waals surface area contributed by atoms with Crippen LogP contribution in [0.5, 0.6) is 6.01 Å². The fourth-order valence-electron chi connectivity index (χ4n) is 2.29. The van der Waals surface area contributed by atoms with Crippen LogP contribution in [-0.2, 0) is 0 Å². The molecule has 8 heteroatoms. The van der Waals surface area contributed by atoms with Crippen molar-refractivity contribution in [1.29, 1.82) is 0 Å². The summed E-state index contributed by atoms with van der Waals surface area (Å²) in [4.78, 5) is 34.5. The standard InChI is InChI=1S/C17H16N4O4/c1-21(2)14-12(9-18-17(20-14)24-3)19-15(22)11-8-10-6-4-5-7-13(10)25-16(11)23/h4-9H,1-3H3,(H,19,22). The lowest BCUT2D eigenvalue weighted by Crippen LogP contribution is -2.23. The maximum Gasteiger partial charge on any atom is 0.349 e. The number of para-hydroxylation sites is 1. The monoisotopic (exact) mass is 340 g/mol. The lowest BCUT2D eigenvalue weighted by molar-refractivity contribution is 0.102. The molecule has 0 saturated carbocycles. The van der Waals surface area contributed by atoms with E-state index in [0.29, 0.717) is 22.5 Å². The lowest BCUT2D eigenvalue weighted by Gasteiger charge is -2.16. The molecule has 128 valence electrons. The quantitative estimate of drug-likeness (QED) is 0.724. The van der Waals surface area contributed by atoms with Crippen LogP contribution in [-0.4, -0.2) is 37.1 Å². The van der Waals surface area contributed by atoms with Crippen molar-refractivity contribution >= 4 is 28.4 Å². The largest absolute Gasteiger partial charge is 0.467 e. The Bertz CT molecular complexity index is 997. The Hall–Kier alpha value is -3.42. The summed E-state index contributed by atoms with van der Waals surface area (Å²) < 4.78 is 10.2. The fraction of sp³-hybridized carbons (Fsp3) is 0.176. The molecule has 2 heterocycles. The van der Waals surface area contributed by atoms with Crippen molar-refractivity contribution in [2.24, 2.45) is 0 Å². The molecule has 1 amide bonds. The zero-order valence-corrected chi connectivity index (χ0v) is 13.9. The normalized spacial score (nSPS) is 10.5. The van der Waals surface area contributed by atoms with Crippen molar-refractivity contribution < 1.29 is 13.9 Å². The summed E-state index contributed by atoms with van der Waals surface area (Å²) in [6, 6.07) is 8.65. The Morgan fingerprint density at radius 3 is 2.76 bits per heavy atom. The van der Waals surface area contributed by atoms with Crippen molar-refractivity contribution in [2.75, 3.05) is 31.4 Å². The molecule has 8 nitrogen and oxygen atoms in total. The molecule has 0 spiro atoms. The SMILES string of the molecule is COc1ncc(NC(=O)c2cc3ccccc3oc2=O)c(N(C)C)n1. The Labute approximate surface area is 143 Å². The van der Waals surface area contributed by atoms with Crippen LogP contribution in [0, 0.1) is 0 Å². The van der Waals surface area contributed by atoms with E-state index in [-0.39, 0.29) is 11.6 Å². The van der Waals surface area contributed by atoms with Gasteiger partial charge in [0, 0.05) is 19.5 Å². The van der Waals surface area contributed by atoms with Gasteiger partial charge in [-0.05, 0) is 12.1 Å². The highest BCUT2D eigenvalue weighted by Crippen LogP contribution is 2.23. The van der Waals surface area contributed by atoms with Gasteiger partial charge in [-0.2, -0.15) is 4.98 Å². The number of anilines is 2. The molecule has 0 radical (unpaired) electrons. The highest BCUT2D eigenvalue weighted by Gasteiger charge is 2.17. The Kier molecular flexibility index (Phi) is 4.34. The first-order valence-corrected chi connectivity index (χ1v) is 7.42. The van der Waals surface area contributed by atoms with E-state index in [1.165, 1.54) is 19.4 Å². The molecule has 25 heavy (non-hydrogen) atoms. The highest BCUT2D eigenvalue weighted by molar-refractivity contribution is 6.06. The van der Waals surface area contributed by atoms with E-state index >= 15 is 0 Å². The van der Waals surface area contributed by atoms with Gasteiger partial charge in [0.05, 0.1) is 13.3 Å². The third-order valence-corrected chi connectivity index (χ3v) is 3.49. The molecular formula is C17H16N4O4. The predicted molar refractivity (Wildman–Crippen MR) is 93.3 cm³/mol. The van der Waals surface area contributed by atoms with Crippen molar-refractivity contribution in [1.82, 2.24) is 9.97 Å². The Morgan fingerprint density at radius 1 is 1.28 bits per heavy atom. The summed E-state index contributed by atoms with van der Waals surface area (Å²) in [5.41, 5.74) is -0.0366. The van der Waals surface area contributed by atoms with E-state index in [1.54, 1.807) is 43.3 Å². The van der Waals surface area contributed by atoms with E-state index < -0.39 is 11.5 Å². The van der Waals surface area contributed by atoms with Gasteiger partial charge in [0.15, 0.2) is 5.82 Å². The maximum absolute atomic E-state index is 12.5. The zero-order valence-electron chi connectivity index (χ0n) is 13.9. The molecule has 2 aromatic heterocycles. The molecule has 0 bridgehead atoms. The van der Waals surface area contributed by atoms with Crippen molar-refractivity contribution in [3.63, 3.8) is 0 Å². The summed E-state index contributed by atoms with van der Waals surface area (Å²) in [7, 11) is 4.98. The van der Waals surface area contributed by atoms with Crippen LogP contribution in [0.1, 0.15) is 10.4 Å². The van der Waals surface area contributed by atoms with Crippen LogP contribution in [0.15, 0.2) is 45.7 Å². The molecule has 3 rings (SSSR count). The number of carbonyl (C=O) groups excluding carboxylic acids is 1. The molecule has 0 fully saturated rings. The third kappa shape index (κ3) is 3.27. The minimum atomic E-state index is -0.711. The van der Waals surface area contributed by atoms with E-state index in [4.69, 9.17) is 9.15 Å². The number of hydrogen-bond acceptors (Lipinski definition) is 7. The van der Waals surface area contributed by atoms with Gasteiger partial charge in [-0.3, -0.25) is 4.79 Å². The minimum absolute atomic E-state index is 0.0979. The highest BCUT2D eigenvalue weighted by atomic mass is 16.5. The third-order valence-electron chi connectivity index (χ3n) is 3.49. The van der Waals surface area contributed by atoms with Gasteiger partial charge in [-0.1, -0.05) is 18.2 Å². The molecule has 0 aliphatic heterocycles. The van der Waals surface area contributed by atoms with E-state index in [9.17, 15) is 9.59 Å². The van der Waals surface area contributed by atoms with Gasteiger partial charge in [0.1, 0.15) is 16.8 Å². The van der Waals surface area contributed by atoms with Gasteiger partial charge in [-0.25, -0.2) is 9.78 Å². The summed E-state index contributed by atoms with van der Waals surface area (Å²) in [5, 5.41) is 3.30. The number of ether oxygens (including phenoxy) is 1. The van der Waals surface area contributed by atoms with E-state index in [1.807, 2.05) is 0 Å². The number of methoxy groups -OCH3 is 1. The molecule has 0 unspecified atom stereocenters. The first-order valence-electron chi connectivity index (χ1n) is 7.42. The number of hydrogen-bond donors (Lipinski definition) is 1. The number of carbonyl (C=O) groups is 1. The number of amides is 1. The second-order valence-electron chi connectivity index (χ2n) is 5.43. The summed E-state index contributed by atoms with van der Waals surface area (Å²) in [6.45, 7) is 0. The molecule has 0 aliphatic rings. The van der Waals surface area contributed by atoms with Gasteiger partial charge in [0.25, 0.3) is 5.91 Å². The van der Waals surface area contributed by atoms with Crippen LogP contribution in [0.4, 0.5) is 11.5 Å². The average Bonchev–Trinajstić information content (AvgIpc) is 2.61. The van der Waals surface area contributed by atoms with Crippen LogP contribution < -0.4 is 20.6 Å². The average molecular weight is 340 g/mol. The van der Waals surface area contributed by atoms with Gasteiger partial charge in [-0.15, -0.1) is 0 Å². The molecule has 1 aromatic carbocycles. The molecule has 0 aliphatic carbocycles. The van der Waals surface area contributed by atoms with Crippen LogP contribution in [0.25, 0.3) is 11.0 Å². The van der Waals surface area contributed by atoms with Gasteiger partial charge in [0.2, 0.25) is 0 Å². The van der Waals surface area contributed by atoms with Crippen molar-refractivity contribution in [3.05, 3.63) is 52.5 Å². The molecule has 0 saturated heterocycles. The van der Waals surface area contributed by atoms with Crippen LogP contribution >= 0.6 is 0 Å². The second kappa shape index (κ2) is 6.60. The molecular weight excluding hydrogens is 324 g/mol. The summed E-state index contributed by atoms with van der Waals surface area (Å²) >= 11 is 0. The fourth-order valence-corrected chi connectivity index (χ4v) is 2.29. The van der Waals surface area contributed by atoms with Gasteiger partial charge < -0.3 is 19.4 Å². The Morgan fingerprint density at radius 2 is 2.04 bits per heavy atom. The second-order valence-corrected chi connectivity index (χ2v) is 5.43. The van der Waals surface area contributed by atoms with Crippen molar-refractivity contribution in [3.8, 4) is 6.01 Å². The molecule has 0 atom stereocenters. The summed E-state index contributed by atoms with van der Waals surface area (Å²) in [5.74, 6) is -0.151. The number of nitrogens with one attached hydrogen (secondary N) is 1. The van der Waals surface area contributed by atoms with Crippen LogP contribution in [0.2, 0.25) is 0 Å². The lowest BCUT2D eigenvalue weighted by atomic mass is 10.2. The number of rotatable bonds is 4. The number of nitrogens with zero attached hydrogens (tertiary/aromatic N) is 3. The van der Waals surface area contributed by atoms with E-state index in [0.717, 1.165) is 0 Å². The Balaban J connectivity index is 1.98. The summed E-state index contributed by atoms with van der Waals surface area (Å²) in [6.07, 6.45) is 1.42. The number of aromatic nitrogens is 2. The minimum Gasteiger partial charge on any atom is -0.467 e. The maximum atomic E-state index is 12.5. The first kappa shape index (κ1) is 16.4. The van der Waals surface area contributed by atoms with E-state index in [2.05, 4.69) is 15.3 Å². The zero-order chi connectivity index (χ0) is 18.0. The van der Waals surface area contributed by atoms with Crippen molar-refractivity contribution in [2.45, 2.75) is 0 Å². The predicted octanol–water partition coefficient (Wildman–Crippen LogP) is 1.91. The smallest absolute Gasteiger partial charge is 0.349 e. The van der Waals surface area contributed by atoms with Crippen LogP contribution in [0.3, 0.4) is 0 Å². The van der Waals surface area contributed by atoms with Gasteiger partial charge >= 0.3 is 11.6 Å². The first-order chi connectivity index (χ1) is 12.0.